The summed E-state index contributed by atoms with van der Waals surface area (Å²) in [6.45, 7) is 4.63. The van der Waals surface area contributed by atoms with Crippen LogP contribution in [0.5, 0.6) is 0 Å². The maximum atomic E-state index is 5.29. The van der Waals surface area contributed by atoms with Gasteiger partial charge in [-0.15, -0.1) is 11.3 Å². The zero-order valence-corrected chi connectivity index (χ0v) is 31.2. The lowest BCUT2D eigenvalue weighted by atomic mass is 9.70. The number of hydrogen-bond acceptors (Lipinski definition) is 4. The van der Waals surface area contributed by atoms with Gasteiger partial charge < -0.3 is 0 Å². The summed E-state index contributed by atoms with van der Waals surface area (Å²) in [6, 6.07) is 59.6. The Morgan fingerprint density at radius 1 is 0.400 bits per heavy atom. The fourth-order valence-corrected chi connectivity index (χ4v) is 11.2. The highest BCUT2D eigenvalue weighted by Gasteiger charge is 2.53. The van der Waals surface area contributed by atoms with E-state index in [0.717, 1.165) is 16.7 Å². The third kappa shape index (κ3) is 4.07. The van der Waals surface area contributed by atoms with E-state index in [1.807, 2.05) is 29.5 Å². The molecule has 12 rings (SSSR count). The van der Waals surface area contributed by atoms with Crippen LogP contribution in [0.1, 0.15) is 47.2 Å². The van der Waals surface area contributed by atoms with Gasteiger partial charge in [-0.25, -0.2) is 15.0 Å². The van der Waals surface area contributed by atoms with Crippen LogP contribution in [0.25, 0.3) is 76.9 Å². The number of aromatic nitrogens is 3. The Balaban J connectivity index is 1.09. The molecule has 0 radical (unpaired) electrons. The summed E-state index contributed by atoms with van der Waals surface area (Å²) in [5, 5.41) is 1.32. The van der Waals surface area contributed by atoms with Crippen LogP contribution in [-0.4, -0.2) is 15.0 Å². The lowest BCUT2D eigenvalue weighted by Gasteiger charge is -2.30. The topological polar surface area (TPSA) is 38.7 Å². The molecule has 3 aliphatic carbocycles. The van der Waals surface area contributed by atoms with E-state index in [1.165, 1.54) is 76.2 Å². The van der Waals surface area contributed by atoms with Gasteiger partial charge in [0, 0.05) is 31.7 Å². The molecule has 0 N–H and O–H groups in total. The largest absolute Gasteiger partial charge is 0.208 e. The number of thiophene rings is 1. The van der Waals surface area contributed by atoms with Crippen LogP contribution < -0.4 is 0 Å². The van der Waals surface area contributed by atoms with Gasteiger partial charge in [-0.1, -0.05) is 159 Å². The van der Waals surface area contributed by atoms with Crippen molar-refractivity contribution in [3.05, 3.63) is 197 Å². The standard InChI is InChI=1S/C51H33N3S/c1-50(2)39-20-10-6-16-33(39)36-26-24-32(29-43(36)50)49-53-47(30-14-4-3-5-15-30)52-48(54-49)31-25-27-42-38(28-31)46-45(37-19-9-13-23-44(37)55-46)51(42)40-21-11-7-17-34(40)35-18-8-12-22-41(35)51/h3-29H,1-2H3. The van der Waals surface area contributed by atoms with E-state index in [-0.39, 0.29) is 5.41 Å². The summed E-state index contributed by atoms with van der Waals surface area (Å²) in [5.74, 6) is 2.02. The zero-order valence-electron chi connectivity index (χ0n) is 30.3. The summed E-state index contributed by atoms with van der Waals surface area (Å²) in [5.41, 5.74) is 16.9. The third-order valence-corrected chi connectivity index (χ3v) is 13.6. The van der Waals surface area contributed by atoms with Crippen molar-refractivity contribution in [1.29, 1.82) is 0 Å². The van der Waals surface area contributed by atoms with E-state index < -0.39 is 5.41 Å². The van der Waals surface area contributed by atoms with Crippen molar-refractivity contribution >= 4 is 21.4 Å². The Morgan fingerprint density at radius 2 is 0.909 bits per heavy atom. The first-order valence-corrected chi connectivity index (χ1v) is 19.8. The van der Waals surface area contributed by atoms with Crippen LogP contribution in [0.3, 0.4) is 0 Å². The Labute approximate surface area is 323 Å². The van der Waals surface area contributed by atoms with Crippen molar-refractivity contribution in [3.8, 4) is 66.9 Å². The Morgan fingerprint density at radius 3 is 1.62 bits per heavy atom. The fraction of sp³-hybridized carbons (Fsp3) is 0.0784. The molecule has 0 unspecified atom stereocenters. The number of hydrogen-bond donors (Lipinski definition) is 0. The molecule has 3 aliphatic rings. The Bertz CT molecular complexity index is 3040. The van der Waals surface area contributed by atoms with Crippen molar-refractivity contribution in [2.75, 3.05) is 0 Å². The minimum Gasteiger partial charge on any atom is -0.208 e. The summed E-state index contributed by atoms with van der Waals surface area (Å²) in [6.07, 6.45) is 0. The first kappa shape index (κ1) is 30.9. The Hall–Kier alpha value is -6.49. The minimum atomic E-state index is -0.412. The van der Waals surface area contributed by atoms with Crippen LogP contribution in [0.15, 0.2) is 164 Å². The second-order valence-corrected chi connectivity index (χ2v) is 16.6. The van der Waals surface area contributed by atoms with E-state index in [2.05, 4.69) is 159 Å². The predicted octanol–water partition coefficient (Wildman–Crippen LogP) is 12.7. The normalized spacial score (nSPS) is 14.7. The van der Waals surface area contributed by atoms with Gasteiger partial charge in [-0.3, -0.25) is 0 Å². The van der Waals surface area contributed by atoms with Gasteiger partial charge in [-0.2, -0.15) is 0 Å². The second kappa shape index (κ2) is 11.0. The number of fused-ring (bicyclic) bond motifs is 15. The average molecular weight is 720 g/mol. The first-order chi connectivity index (χ1) is 27.0. The number of nitrogens with zero attached hydrogens (tertiary/aromatic N) is 3. The minimum absolute atomic E-state index is 0.130. The molecule has 2 aromatic heterocycles. The molecule has 3 nitrogen and oxygen atoms in total. The van der Waals surface area contributed by atoms with Crippen LogP contribution in [0, 0.1) is 0 Å². The van der Waals surface area contributed by atoms with Crippen molar-refractivity contribution in [2.45, 2.75) is 24.7 Å². The highest BCUT2D eigenvalue weighted by molar-refractivity contribution is 7.22. The highest BCUT2D eigenvalue weighted by atomic mass is 32.1. The van der Waals surface area contributed by atoms with Gasteiger partial charge in [0.05, 0.1) is 5.41 Å². The van der Waals surface area contributed by atoms with Crippen LogP contribution in [0.4, 0.5) is 0 Å². The molecule has 0 amide bonds. The Kier molecular flexibility index (Phi) is 6.20. The smallest absolute Gasteiger partial charge is 0.164 e. The molecule has 55 heavy (non-hydrogen) atoms. The van der Waals surface area contributed by atoms with E-state index in [4.69, 9.17) is 15.0 Å². The van der Waals surface area contributed by atoms with Crippen LogP contribution in [0.2, 0.25) is 0 Å². The molecule has 0 bridgehead atoms. The SMILES string of the molecule is CC1(C)c2ccccc2-c2ccc(-c3nc(-c4ccccc4)nc(-c4ccc5c(c4)-c4sc6ccccc6c4C54c5ccccc5-c5ccccc54)n3)cc21. The van der Waals surface area contributed by atoms with Crippen LogP contribution >= 0.6 is 11.3 Å². The number of rotatable bonds is 3. The van der Waals surface area contributed by atoms with Crippen molar-refractivity contribution in [1.82, 2.24) is 15.0 Å². The predicted molar refractivity (Wildman–Crippen MR) is 225 cm³/mol. The molecular weight excluding hydrogens is 687 g/mol. The molecule has 7 aromatic carbocycles. The maximum Gasteiger partial charge on any atom is 0.164 e. The molecule has 1 spiro atoms. The van der Waals surface area contributed by atoms with Gasteiger partial charge in [-0.05, 0) is 84.8 Å². The van der Waals surface area contributed by atoms with Crippen molar-refractivity contribution in [3.63, 3.8) is 0 Å². The molecule has 0 fully saturated rings. The van der Waals surface area contributed by atoms with Gasteiger partial charge >= 0.3 is 0 Å². The van der Waals surface area contributed by atoms with Gasteiger partial charge in [0.25, 0.3) is 0 Å². The molecule has 2 heterocycles. The molecule has 4 heteroatoms. The van der Waals surface area contributed by atoms with Crippen LogP contribution in [-0.2, 0) is 10.8 Å². The lowest BCUT2D eigenvalue weighted by molar-refractivity contribution is 0.660. The molecule has 258 valence electrons. The van der Waals surface area contributed by atoms with Gasteiger partial charge in [0.2, 0.25) is 0 Å². The lowest BCUT2D eigenvalue weighted by Crippen LogP contribution is -2.25. The molecule has 0 aliphatic heterocycles. The fourth-order valence-electron chi connectivity index (χ4n) is 9.93. The molecule has 0 saturated carbocycles. The van der Waals surface area contributed by atoms with E-state index >= 15 is 0 Å². The van der Waals surface area contributed by atoms with E-state index in [0.29, 0.717) is 17.5 Å². The summed E-state index contributed by atoms with van der Waals surface area (Å²) in [4.78, 5) is 17.0. The third-order valence-electron chi connectivity index (χ3n) is 12.4. The van der Waals surface area contributed by atoms with Crippen molar-refractivity contribution in [2.24, 2.45) is 0 Å². The summed E-state index contributed by atoms with van der Waals surface area (Å²) in [7, 11) is 0. The van der Waals surface area contributed by atoms with Crippen molar-refractivity contribution < 1.29 is 0 Å². The van der Waals surface area contributed by atoms with E-state index in [1.54, 1.807) is 0 Å². The second-order valence-electron chi connectivity index (χ2n) is 15.5. The summed E-state index contributed by atoms with van der Waals surface area (Å²) < 4.78 is 1.31. The molecule has 0 saturated heterocycles. The molecule has 0 atom stereocenters. The monoisotopic (exact) mass is 719 g/mol. The number of benzene rings is 7. The summed E-state index contributed by atoms with van der Waals surface area (Å²) >= 11 is 1.90. The highest BCUT2D eigenvalue weighted by Crippen LogP contribution is 2.66. The maximum absolute atomic E-state index is 5.29. The first-order valence-electron chi connectivity index (χ1n) is 18.9. The van der Waals surface area contributed by atoms with E-state index in [9.17, 15) is 0 Å². The van der Waals surface area contributed by atoms with Gasteiger partial charge in [0.15, 0.2) is 17.5 Å². The molecule has 9 aromatic rings. The van der Waals surface area contributed by atoms with Gasteiger partial charge in [0.1, 0.15) is 0 Å². The molecular formula is C51H33N3S. The average Bonchev–Trinajstić information content (AvgIpc) is 3.93. The zero-order chi connectivity index (χ0) is 36.5. The quantitative estimate of drug-likeness (QED) is 0.182.